The predicted molar refractivity (Wildman–Crippen MR) is 56.4 cm³/mol. The fraction of sp³-hybridized carbons (Fsp3) is 0.333. The van der Waals surface area contributed by atoms with E-state index in [4.69, 9.17) is 5.11 Å². The molecule has 0 aliphatic rings. The highest BCUT2D eigenvalue weighted by molar-refractivity contribution is 7.89. The van der Waals surface area contributed by atoms with E-state index in [1.807, 2.05) is 0 Å². The number of hydrogen-bond donors (Lipinski definition) is 2. The molecule has 1 aromatic carbocycles. The van der Waals surface area contributed by atoms with Gasteiger partial charge in [-0.25, -0.2) is 13.4 Å². The van der Waals surface area contributed by atoms with Gasteiger partial charge >= 0.3 is 0 Å². The molecule has 5 nitrogen and oxygen atoms in total. The molecule has 84 valence electrons. The van der Waals surface area contributed by atoms with E-state index in [1.54, 1.807) is 32.3 Å². The van der Waals surface area contributed by atoms with E-state index >= 15 is 0 Å². The van der Waals surface area contributed by atoms with Crippen LogP contribution in [0.15, 0.2) is 29.2 Å². The summed E-state index contributed by atoms with van der Waals surface area (Å²) in [6, 6.07) is 6.32. The molecule has 0 aliphatic carbocycles. The van der Waals surface area contributed by atoms with Crippen LogP contribution in [0.3, 0.4) is 0 Å². The highest BCUT2D eigenvalue weighted by atomic mass is 32.2. The maximum Gasteiger partial charge on any atom is 0.253 e. The van der Waals surface area contributed by atoms with Crippen molar-refractivity contribution in [3.8, 4) is 0 Å². The fourth-order valence-electron chi connectivity index (χ4n) is 1.19. The second kappa shape index (κ2) is 4.71. The summed E-state index contributed by atoms with van der Waals surface area (Å²) in [4.78, 5) is 2.40. The van der Waals surface area contributed by atoms with Crippen LogP contribution in [0.5, 0.6) is 0 Å². The largest absolute Gasteiger partial charge is 0.392 e. The molecule has 2 N–H and O–H groups in total. The Bertz CT molecular complexity index is 429. The number of hydrazine groups is 1. The standard InChI is InChI=1S/C9H14N2O3S/c1-11(2)10-15(13,14)9-6-4-3-5-8(9)7-12/h3-6,10,12H,7H2,1-2H3. The molecule has 0 aliphatic heterocycles. The molecule has 0 unspecified atom stereocenters. The van der Waals surface area contributed by atoms with Crippen LogP contribution in [-0.4, -0.2) is 32.6 Å². The lowest BCUT2D eigenvalue weighted by atomic mass is 10.2. The first-order valence-corrected chi connectivity index (χ1v) is 5.84. The number of benzene rings is 1. The van der Waals surface area contributed by atoms with Crippen molar-refractivity contribution in [2.75, 3.05) is 14.1 Å². The Kier molecular flexibility index (Phi) is 3.81. The van der Waals surface area contributed by atoms with Gasteiger partial charge in [0.2, 0.25) is 0 Å². The van der Waals surface area contributed by atoms with Gasteiger partial charge in [-0.05, 0) is 11.6 Å². The first-order valence-electron chi connectivity index (χ1n) is 4.36. The van der Waals surface area contributed by atoms with E-state index in [1.165, 1.54) is 11.1 Å². The van der Waals surface area contributed by atoms with Gasteiger partial charge in [-0.2, -0.15) is 0 Å². The molecule has 0 amide bonds. The first kappa shape index (κ1) is 12.1. The third-order valence-corrected chi connectivity index (χ3v) is 3.32. The van der Waals surface area contributed by atoms with Gasteiger partial charge < -0.3 is 5.11 Å². The van der Waals surface area contributed by atoms with Crippen molar-refractivity contribution in [1.82, 2.24) is 9.84 Å². The molecule has 0 heterocycles. The van der Waals surface area contributed by atoms with Crippen LogP contribution in [0.25, 0.3) is 0 Å². The lowest BCUT2D eigenvalue weighted by Gasteiger charge is -2.14. The second-order valence-corrected chi connectivity index (χ2v) is 4.88. The summed E-state index contributed by atoms with van der Waals surface area (Å²) in [7, 11) is -0.421. The van der Waals surface area contributed by atoms with Crippen molar-refractivity contribution in [2.24, 2.45) is 0 Å². The lowest BCUT2D eigenvalue weighted by molar-refractivity contribution is 0.278. The highest BCUT2D eigenvalue weighted by Crippen LogP contribution is 2.14. The molecule has 0 atom stereocenters. The van der Waals surface area contributed by atoms with Gasteiger partial charge in [0, 0.05) is 14.1 Å². The molecule has 15 heavy (non-hydrogen) atoms. The van der Waals surface area contributed by atoms with E-state index in [-0.39, 0.29) is 11.5 Å². The molecule has 1 aromatic rings. The van der Waals surface area contributed by atoms with Crippen molar-refractivity contribution in [3.05, 3.63) is 29.8 Å². The van der Waals surface area contributed by atoms with Gasteiger partial charge in [0.1, 0.15) is 0 Å². The van der Waals surface area contributed by atoms with Crippen LogP contribution in [0.2, 0.25) is 0 Å². The van der Waals surface area contributed by atoms with E-state index in [0.29, 0.717) is 5.56 Å². The summed E-state index contributed by atoms with van der Waals surface area (Å²) >= 11 is 0. The fourth-order valence-corrected chi connectivity index (χ4v) is 2.50. The Balaban J connectivity index is 3.15. The number of aliphatic hydroxyl groups is 1. The summed E-state index contributed by atoms with van der Waals surface area (Å²) in [5.41, 5.74) is 0.381. The Morgan fingerprint density at radius 2 is 1.93 bits per heavy atom. The molecular weight excluding hydrogens is 216 g/mol. The van der Waals surface area contributed by atoms with Crippen LogP contribution < -0.4 is 4.83 Å². The number of hydrogen-bond acceptors (Lipinski definition) is 4. The SMILES string of the molecule is CN(C)NS(=O)(=O)c1ccccc1CO. The number of aliphatic hydroxyl groups excluding tert-OH is 1. The summed E-state index contributed by atoms with van der Waals surface area (Å²) < 4.78 is 23.5. The number of nitrogens with one attached hydrogen (secondary N) is 1. The Morgan fingerprint density at radius 1 is 1.33 bits per heavy atom. The molecule has 6 heteroatoms. The third-order valence-electron chi connectivity index (χ3n) is 1.74. The number of sulfonamides is 1. The van der Waals surface area contributed by atoms with Crippen molar-refractivity contribution in [3.63, 3.8) is 0 Å². The first-order chi connectivity index (χ1) is 6.97. The Hall–Kier alpha value is -0.950. The monoisotopic (exact) mass is 230 g/mol. The van der Waals surface area contributed by atoms with Gasteiger partial charge in [0.25, 0.3) is 10.0 Å². The molecule has 0 aromatic heterocycles. The van der Waals surface area contributed by atoms with E-state index in [9.17, 15) is 8.42 Å². The lowest BCUT2D eigenvalue weighted by Crippen LogP contribution is -2.36. The number of rotatable bonds is 4. The van der Waals surface area contributed by atoms with E-state index in [0.717, 1.165) is 0 Å². The molecule has 0 saturated heterocycles. The normalized spacial score (nSPS) is 12.0. The van der Waals surface area contributed by atoms with Gasteiger partial charge in [-0.3, -0.25) is 0 Å². The highest BCUT2D eigenvalue weighted by Gasteiger charge is 2.17. The molecule has 0 fully saturated rings. The Labute approximate surface area is 89.4 Å². The molecule has 0 saturated carbocycles. The maximum atomic E-state index is 11.8. The molecule has 0 radical (unpaired) electrons. The van der Waals surface area contributed by atoms with Crippen molar-refractivity contribution < 1.29 is 13.5 Å². The third kappa shape index (κ3) is 3.00. The molecule has 1 rings (SSSR count). The van der Waals surface area contributed by atoms with Crippen molar-refractivity contribution >= 4 is 10.0 Å². The van der Waals surface area contributed by atoms with Gasteiger partial charge in [-0.1, -0.05) is 18.2 Å². The van der Waals surface area contributed by atoms with Gasteiger partial charge in [0.05, 0.1) is 11.5 Å². The van der Waals surface area contributed by atoms with E-state index < -0.39 is 10.0 Å². The topological polar surface area (TPSA) is 69.6 Å². The summed E-state index contributed by atoms with van der Waals surface area (Å²) in [5.74, 6) is 0. The summed E-state index contributed by atoms with van der Waals surface area (Å²) in [5, 5.41) is 10.3. The quantitative estimate of drug-likeness (QED) is 0.711. The predicted octanol–water partition coefficient (Wildman–Crippen LogP) is -0.0662. The zero-order valence-electron chi connectivity index (χ0n) is 8.64. The van der Waals surface area contributed by atoms with Crippen LogP contribution >= 0.6 is 0 Å². The van der Waals surface area contributed by atoms with Crippen LogP contribution in [0.1, 0.15) is 5.56 Å². The van der Waals surface area contributed by atoms with Crippen molar-refractivity contribution in [2.45, 2.75) is 11.5 Å². The van der Waals surface area contributed by atoms with Gasteiger partial charge in [-0.15, -0.1) is 4.83 Å². The minimum atomic E-state index is -3.59. The summed E-state index contributed by atoms with van der Waals surface area (Å²) in [6.07, 6.45) is 0. The van der Waals surface area contributed by atoms with E-state index in [2.05, 4.69) is 4.83 Å². The summed E-state index contributed by atoms with van der Waals surface area (Å²) in [6.45, 7) is -0.301. The maximum absolute atomic E-state index is 11.8. The zero-order chi connectivity index (χ0) is 11.5. The molecule has 0 bridgehead atoms. The zero-order valence-corrected chi connectivity index (χ0v) is 9.45. The minimum absolute atomic E-state index is 0.0983. The number of nitrogens with zero attached hydrogens (tertiary/aromatic N) is 1. The van der Waals surface area contributed by atoms with Gasteiger partial charge in [0.15, 0.2) is 0 Å². The average molecular weight is 230 g/mol. The van der Waals surface area contributed by atoms with Crippen LogP contribution in [0.4, 0.5) is 0 Å². The van der Waals surface area contributed by atoms with Crippen LogP contribution in [-0.2, 0) is 16.6 Å². The van der Waals surface area contributed by atoms with Crippen molar-refractivity contribution in [1.29, 1.82) is 0 Å². The minimum Gasteiger partial charge on any atom is -0.392 e. The molecular formula is C9H14N2O3S. The van der Waals surface area contributed by atoms with Crippen LogP contribution in [0, 0.1) is 0 Å². The Morgan fingerprint density at radius 3 is 2.47 bits per heavy atom. The average Bonchev–Trinajstić information content (AvgIpc) is 2.16. The second-order valence-electron chi connectivity index (χ2n) is 3.25. The molecule has 0 spiro atoms. The smallest absolute Gasteiger partial charge is 0.253 e.